The largest absolute Gasteiger partial charge is 0.366 e. The van der Waals surface area contributed by atoms with E-state index in [1.165, 1.54) is 0 Å². The fourth-order valence-corrected chi connectivity index (χ4v) is 4.65. The molecule has 1 atom stereocenters. The van der Waals surface area contributed by atoms with Gasteiger partial charge in [-0.15, -0.1) is 0 Å². The summed E-state index contributed by atoms with van der Waals surface area (Å²) in [6, 6.07) is 6.06. The van der Waals surface area contributed by atoms with Crippen LogP contribution in [0.4, 0.5) is 5.82 Å². The molecule has 0 aromatic carbocycles. The van der Waals surface area contributed by atoms with Crippen molar-refractivity contribution in [2.75, 3.05) is 18.4 Å². The van der Waals surface area contributed by atoms with Crippen LogP contribution in [-0.2, 0) is 11.3 Å². The van der Waals surface area contributed by atoms with Crippen LogP contribution in [0.3, 0.4) is 0 Å². The van der Waals surface area contributed by atoms with Gasteiger partial charge in [-0.3, -0.25) is 9.78 Å². The number of nitrogens with one attached hydrogen (secondary N) is 1. The van der Waals surface area contributed by atoms with Gasteiger partial charge in [0.2, 0.25) is 5.91 Å². The first kappa shape index (κ1) is 21.7. The molecule has 3 aromatic rings. The van der Waals surface area contributed by atoms with Crippen LogP contribution in [0.5, 0.6) is 0 Å². The quantitative estimate of drug-likeness (QED) is 0.528. The third-order valence-electron chi connectivity index (χ3n) is 6.13. The first-order valence-electron chi connectivity index (χ1n) is 11.1. The average molecular weight is 485 g/mol. The fourth-order valence-electron chi connectivity index (χ4n) is 4.30. The van der Waals surface area contributed by atoms with Crippen molar-refractivity contribution in [2.45, 2.75) is 52.0 Å². The van der Waals surface area contributed by atoms with E-state index < -0.39 is 0 Å². The second-order valence-electron chi connectivity index (χ2n) is 8.15. The Kier molecular flexibility index (Phi) is 6.85. The number of piperidine rings is 1. The van der Waals surface area contributed by atoms with E-state index in [-0.39, 0.29) is 17.7 Å². The molecule has 4 heterocycles. The lowest BCUT2D eigenvalue weighted by molar-refractivity contribution is -0.137. The highest BCUT2D eigenvalue weighted by Gasteiger charge is 2.29. The molecule has 1 N–H and O–H groups in total. The van der Waals surface area contributed by atoms with Crippen molar-refractivity contribution in [2.24, 2.45) is 5.92 Å². The van der Waals surface area contributed by atoms with Gasteiger partial charge >= 0.3 is 0 Å². The number of fused-ring (bicyclic) bond motifs is 1. The molecule has 8 heteroatoms. The molecule has 0 spiro atoms. The second-order valence-corrected chi connectivity index (χ2v) is 9.00. The molecule has 164 valence electrons. The summed E-state index contributed by atoms with van der Waals surface area (Å²) in [5.41, 5.74) is 2.89. The maximum atomic E-state index is 13.0. The zero-order valence-corrected chi connectivity index (χ0v) is 19.7. The summed E-state index contributed by atoms with van der Waals surface area (Å²) >= 11 is 3.58. The molecule has 1 unspecified atom stereocenters. The molecule has 1 amide bonds. The van der Waals surface area contributed by atoms with Crippen molar-refractivity contribution >= 4 is 33.3 Å². The number of pyridine rings is 1. The van der Waals surface area contributed by atoms with Crippen molar-refractivity contribution < 1.29 is 4.79 Å². The van der Waals surface area contributed by atoms with Gasteiger partial charge in [0, 0.05) is 49.9 Å². The summed E-state index contributed by atoms with van der Waals surface area (Å²) in [5, 5.41) is 7.96. The lowest BCUT2D eigenvalue weighted by Gasteiger charge is -2.34. The molecular formula is C23H29BrN6O. The molecule has 7 nitrogen and oxygen atoms in total. The molecule has 4 rings (SSSR count). The Morgan fingerprint density at radius 1 is 1.32 bits per heavy atom. The standard InChI is InChI=1S/C23H29BrN6O/c1-3-17(4-2)23(31)29-10-6-8-18(15-29)20-11-21(26-13-16-7-5-9-25-12-16)30-22(28-20)19(24)14-27-30/h5,7,9,11-12,14,17-18,26H,3-4,6,8,10,13,15H2,1-2H3. The highest BCUT2D eigenvalue weighted by atomic mass is 79.9. The number of likely N-dealkylation sites (tertiary alicyclic amines) is 1. The molecular weight excluding hydrogens is 456 g/mol. The SMILES string of the molecule is CCC(CC)C(=O)N1CCCC(c2cc(NCc3cccnc3)n3ncc(Br)c3n2)C1. The third kappa shape index (κ3) is 4.74. The Labute approximate surface area is 191 Å². The van der Waals surface area contributed by atoms with Crippen molar-refractivity contribution in [3.05, 3.63) is 52.5 Å². The van der Waals surface area contributed by atoms with Gasteiger partial charge in [-0.1, -0.05) is 19.9 Å². The van der Waals surface area contributed by atoms with Gasteiger partial charge in [-0.25, -0.2) is 4.98 Å². The van der Waals surface area contributed by atoms with Gasteiger partial charge in [0.05, 0.1) is 16.4 Å². The molecule has 3 aromatic heterocycles. The first-order chi connectivity index (χ1) is 15.1. The number of aromatic nitrogens is 4. The number of rotatable bonds is 7. The van der Waals surface area contributed by atoms with Gasteiger partial charge < -0.3 is 10.2 Å². The van der Waals surface area contributed by atoms with Crippen LogP contribution in [0.1, 0.15) is 56.7 Å². The summed E-state index contributed by atoms with van der Waals surface area (Å²) in [4.78, 5) is 24.1. The van der Waals surface area contributed by atoms with Crippen molar-refractivity contribution in [1.29, 1.82) is 0 Å². The summed E-state index contributed by atoms with van der Waals surface area (Å²) in [6.45, 7) is 6.41. The van der Waals surface area contributed by atoms with Crippen LogP contribution < -0.4 is 5.32 Å². The zero-order chi connectivity index (χ0) is 21.8. The molecule has 31 heavy (non-hydrogen) atoms. The number of amides is 1. The summed E-state index contributed by atoms with van der Waals surface area (Å²) < 4.78 is 2.68. The average Bonchev–Trinajstić information content (AvgIpc) is 3.19. The predicted octanol–water partition coefficient (Wildman–Crippen LogP) is 4.64. The van der Waals surface area contributed by atoms with Gasteiger partial charge in [0.1, 0.15) is 5.82 Å². The summed E-state index contributed by atoms with van der Waals surface area (Å²) in [5.74, 6) is 1.52. The molecule has 1 aliphatic rings. The lowest BCUT2D eigenvalue weighted by atomic mass is 9.92. The van der Waals surface area contributed by atoms with E-state index in [4.69, 9.17) is 4.98 Å². The minimum atomic E-state index is 0.120. The minimum absolute atomic E-state index is 0.120. The van der Waals surface area contributed by atoms with E-state index >= 15 is 0 Å². The Balaban J connectivity index is 1.59. The van der Waals surface area contributed by atoms with Crippen LogP contribution in [0.25, 0.3) is 5.65 Å². The third-order valence-corrected chi connectivity index (χ3v) is 6.69. The number of carbonyl (C=O) groups excluding carboxylic acids is 1. The second kappa shape index (κ2) is 9.77. The maximum absolute atomic E-state index is 13.0. The number of nitrogens with zero attached hydrogens (tertiary/aromatic N) is 5. The van der Waals surface area contributed by atoms with Crippen LogP contribution in [0, 0.1) is 5.92 Å². The van der Waals surface area contributed by atoms with Crippen molar-refractivity contribution in [1.82, 2.24) is 24.5 Å². The minimum Gasteiger partial charge on any atom is -0.366 e. The van der Waals surface area contributed by atoms with E-state index in [1.54, 1.807) is 12.4 Å². The number of hydrogen-bond acceptors (Lipinski definition) is 5. The summed E-state index contributed by atoms with van der Waals surface area (Å²) in [6.07, 6.45) is 9.22. The zero-order valence-electron chi connectivity index (χ0n) is 18.1. The highest BCUT2D eigenvalue weighted by molar-refractivity contribution is 9.10. The van der Waals surface area contributed by atoms with Crippen molar-refractivity contribution in [3.63, 3.8) is 0 Å². The van der Waals surface area contributed by atoms with E-state index in [0.717, 1.165) is 66.0 Å². The van der Waals surface area contributed by atoms with Crippen LogP contribution in [0.2, 0.25) is 0 Å². The number of halogens is 1. The molecule has 0 saturated carbocycles. The topological polar surface area (TPSA) is 75.4 Å². The number of hydrogen-bond donors (Lipinski definition) is 1. The summed E-state index contributed by atoms with van der Waals surface area (Å²) in [7, 11) is 0. The number of anilines is 1. The van der Waals surface area contributed by atoms with Gasteiger partial charge in [-0.05, 0) is 53.2 Å². The van der Waals surface area contributed by atoms with Crippen molar-refractivity contribution in [3.8, 4) is 0 Å². The lowest BCUT2D eigenvalue weighted by Crippen LogP contribution is -2.42. The predicted molar refractivity (Wildman–Crippen MR) is 125 cm³/mol. The van der Waals surface area contributed by atoms with Gasteiger partial charge in [0.25, 0.3) is 0 Å². The monoisotopic (exact) mass is 484 g/mol. The van der Waals surface area contributed by atoms with E-state index in [9.17, 15) is 4.79 Å². The normalized spacial score (nSPS) is 16.8. The molecule has 0 aliphatic carbocycles. The Morgan fingerprint density at radius 2 is 2.16 bits per heavy atom. The molecule has 0 bridgehead atoms. The fraction of sp³-hybridized carbons (Fsp3) is 0.478. The Morgan fingerprint density at radius 3 is 2.90 bits per heavy atom. The highest BCUT2D eigenvalue weighted by Crippen LogP contribution is 2.30. The van der Waals surface area contributed by atoms with Crippen LogP contribution in [0.15, 0.2) is 41.3 Å². The van der Waals surface area contributed by atoms with E-state index in [2.05, 4.69) is 51.2 Å². The Hall–Kier alpha value is -2.48. The first-order valence-corrected chi connectivity index (χ1v) is 11.9. The number of carbonyl (C=O) groups is 1. The van der Waals surface area contributed by atoms with Crippen LogP contribution in [-0.4, -0.2) is 43.5 Å². The maximum Gasteiger partial charge on any atom is 0.225 e. The molecule has 1 aliphatic heterocycles. The molecule has 0 radical (unpaired) electrons. The molecule has 1 fully saturated rings. The van der Waals surface area contributed by atoms with Crippen LogP contribution >= 0.6 is 15.9 Å². The Bertz CT molecular complexity index is 1030. The van der Waals surface area contributed by atoms with E-state index in [1.807, 2.05) is 27.7 Å². The molecule has 1 saturated heterocycles. The van der Waals surface area contributed by atoms with Gasteiger partial charge in [0.15, 0.2) is 5.65 Å². The smallest absolute Gasteiger partial charge is 0.225 e. The van der Waals surface area contributed by atoms with Gasteiger partial charge in [-0.2, -0.15) is 9.61 Å². The van der Waals surface area contributed by atoms with E-state index in [0.29, 0.717) is 6.54 Å².